The molecular formula is C46H38N2O2. The maximum Gasteiger partial charge on any atom is 0.127 e. The quantitative estimate of drug-likeness (QED) is 0.144. The smallest absolute Gasteiger partial charge is 0.127 e. The molecule has 0 amide bonds. The molecule has 0 radical (unpaired) electrons. The molecule has 0 fully saturated rings. The van der Waals surface area contributed by atoms with Crippen molar-refractivity contribution in [2.75, 3.05) is 13.2 Å². The lowest BCUT2D eigenvalue weighted by Crippen LogP contribution is -2.24. The van der Waals surface area contributed by atoms with Crippen LogP contribution in [0.1, 0.15) is 25.0 Å². The summed E-state index contributed by atoms with van der Waals surface area (Å²) >= 11 is 0. The Labute approximate surface area is 291 Å². The predicted octanol–water partition coefficient (Wildman–Crippen LogP) is 10.5. The van der Waals surface area contributed by atoms with Crippen LogP contribution in [0.2, 0.25) is 0 Å². The van der Waals surface area contributed by atoms with E-state index in [-0.39, 0.29) is 12.1 Å². The Balaban J connectivity index is 0.000000111. The normalized spacial score (nSPS) is 15.0. The maximum absolute atomic E-state index is 5.78. The van der Waals surface area contributed by atoms with E-state index in [4.69, 9.17) is 20.9 Å². The summed E-state index contributed by atoms with van der Waals surface area (Å²) < 4.78 is 11.1. The van der Waals surface area contributed by atoms with Crippen LogP contribution in [0.4, 0.5) is 0 Å². The SMILES string of the molecule is CC(N)C1=Cc2ccccc2OC1.CC(N)C1=Cc2ccccc2OC1.c1cc2ccc3ccc4ccc5ccc6ccc1c1c2c3c4c5c61. The zero-order valence-electron chi connectivity index (χ0n) is 28.2. The van der Waals surface area contributed by atoms with Crippen molar-refractivity contribution in [2.45, 2.75) is 25.9 Å². The van der Waals surface area contributed by atoms with Gasteiger partial charge in [0.15, 0.2) is 0 Å². The number of hydrogen-bond donors (Lipinski definition) is 2. The molecule has 4 nitrogen and oxygen atoms in total. The van der Waals surface area contributed by atoms with Gasteiger partial charge in [-0.05, 0) is 114 Å². The lowest BCUT2D eigenvalue weighted by molar-refractivity contribution is 0.339. The third kappa shape index (κ3) is 4.99. The molecule has 9 aromatic carbocycles. The van der Waals surface area contributed by atoms with Crippen LogP contribution in [0, 0.1) is 0 Å². The molecule has 9 aromatic rings. The first-order valence-electron chi connectivity index (χ1n) is 17.4. The van der Waals surface area contributed by atoms with Gasteiger partial charge in [-0.2, -0.15) is 0 Å². The summed E-state index contributed by atoms with van der Waals surface area (Å²) in [6.07, 6.45) is 4.23. The molecule has 244 valence electrons. The summed E-state index contributed by atoms with van der Waals surface area (Å²) in [7, 11) is 0. The van der Waals surface area contributed by atoms with Gasteiger partial charge in [0.25, 0.3) is 0 Å². The molecule has 2 unspecified atom stereocenters. The van der Waals surface area contributed by atoms with Gasteiger partial charge in [-0.3, -0.25) is 0 Å². The van der Waals surface area contributed by atoms with Gasteiger partial charge in [-0.25, -0.2) is 0 Å². The number of ether oxygens (including phenoxy) is 2. The Morgan fingerprint density at radius 2 is 0.660 bits per heavy atom. The number of rotatable bonds is 2. The largest absolute Gasteiger partial charge is 0.489 e. The number of hydrogen-bond acceptors (Lipinski definition) is 4. The summed E-state index contributed by atoms with van der Waals surface area (Å²) in [5.74, 6) is 1.90. The second-order valence-corrected chi connectivity index (χ2v) is 13.7. The van der Waals surface area contributed by atoms with Gasteiger partial charge in [0.1, 0.15) is 24.7 Å². The third-order valence-corrected chi connectivity index (χ3v) is 10.4. The third-order valence-electron chi connectivity index (χ3n) is 10.4. The van der Waals surface area contributed by atoms with Crippen molar-refractivity contribution >= 4 is 76.8 Å². The lowest BCUT2D eigenvalue weighted by atomic mass is 9.83. The van der Waals surface area contributed by atoms with Crippen LogP contribution in [0.15, 0.2) is 132 Å². The van der Waals surface area contributed by atoms with E-state index in [1.165, 1.54) is 64.6 Å². The topological polar surface area (TPSA) is 70.5 Å². The molecule has 0 aliphatic carbocycles. The molecule has 4 heteroatoms. The van der Waals surface area contributed by atoms with Crippen LogP contribution in [-0.2, 0) is 0 Å². The molecule has 0 saturated heterocycles. The van der Waals surface area contributed by atoms with Gasteiger partial charge in [-0.1, -0.05) is 109 Å². The van der Waals surface area contributed by atoms with Crippen molar-refractivity contribution in [1.29, 1.82) is 0 Å². The Kier molecular flexibility index (Phi) is 7.31. The highest BCUT2D eigenvalue weighted by Gasteiger charge is 2.19. The van der Waals surface area contributed by atoms with Gasteiger partial charge in [0, 0.05) is 23.2 Å². The minimum absolute atomic E-state index is 0.0772. The van der Waals surface area contributed by atoms with Crippen molar-refractivity contribution in [2.24, 2.45) is 11.5 Å². The monoisotopic (exact) mass is 650 g/mol. The van der Waals surface area contributed by atoms with Gasteiger partial charge >= 0.3 is 0 Å². The minimum atomic E-state index is 0.0772. The average molecular weight is 651 g/mol. The van der Waals surface area contributed by atoms with E-state index >= 15 is 0 Å². The van der Waals surface area contributed by atoms with Crippen molar-refractivity contribution in [1.82, 2.24) is 0 Å². The summed E-state index contributed by atoms with van der Waals surface area (Å²) in [5.41, 5.74) is 16.1. The fraction of sp³-hybridized carbons (Fsp3) is 0.130. The first-order valence-corrected chi connectivity index (χ1v) is 17.4. The van der Waals surface area contributed by atoms with Crippen molar-refractivity contribution in [3.05, 3.63) is 144 Å². The average Bonchev–Trinajstić information content (AvgIpc) is 3.16. The molecule has 0 saturated carbocycles. The molecule has 50 heavy (non-hydrogen) atoms. The lowest BCUT2D eigenvalue weighted by Gasteiger charge is -2.20. The summed E-state index contributed by atoms with van der Waals surface area (Å²) in [5, 5.41) is 16.7. The van der Waals surface area contributed by atoms with E-state index in [1.54, 1.807) is 0 Å². The standard InChI is InChI=1S/C24H12.2C11H13NO/c1-2-14-5-6-16-9-11-18-12-10-17-8-7-15-4-3-13(1)19-20(14)22(16)24(18)23(17)21(15)19;2*1-8(12)10-6-9-4-2-3-5-11(9)13-7-10/h1-12H;2*2-6,8H,7,12H2,1H3. The van der Waals surface area contributed by atoms with E-state index in [0.717, 1.165) is 33.8 Å². The van der Waals surface area contributed by atoms with Gasteiger partial charge in [0.2, 0.25) is 0 Å². The molecule has 4 N–H and O–H groups in total. The molecule has 11 rings (SSSR count). The van der Waals surface area contributed by atoms with E-state index in [9.17, 15) is 0 Å². The second kappa shape index (κ2) is 12.0. The molecule has 0 spiro atoms. The first kappa shape index (κ1) is 30.4. The molecular weight excluding hydrogens is 613 g/mol. The highest BCUT2D eigenvalue weighted by molar-refractivity contribution is 6.44. The molecule has 2 aliphatic rings. The van der Waals surface area contributed by atoms with Gasteiger partial charge < -0.3 is 20.9 Å². The van der Waals surface area contributed by atoms with Crippen LogP contribution < -0.4 is 20.9 Å². The fourth-order valence-electron chi connectivity index (χ4n) is 7.69. The van der Waals surface area contributed by atoms with Gasteiger partial charge in [-0.15, -0.1) is 0 Å². The molecule has 0 aromatic heterocycles. The van der Waals surface area contributed by atoms with Crippen LogP contribution in [-0.4, -0.2) is 25.3 Å². The predicted molar refractivity (Wildman–Crippen MR) is 212 cm³/mol. The summed E-state index contributed by atoms with van der Waals surface area (Å²) in [4.78, 5) is 0. The Morgan fingerprint density at radius 1 is 0.400 bits per heavy atom. The summed E-state index contributed by atoms with van der Waals surface area (Å²) in [6.45, 7) is 5.19. The molecule has 2 heterocycles. The van der Waals surface area contributed by atoms with E-state index < -0.39 is 0 Å². The maximum atomic E-state index is 5.78. The molecule has 0 bridgehead atoms. The van der Waals surface area contributed by atoms with Crippen molar-refractivity contribution in [3.8, 4) is 11.5 Å². The Hall–Kier alpha value is -5.68. The van der Waals surface area contributed by atoms with Crippen LogP contribution >= 0.6 is 0 Å². The highest BCUT2D eigenvalue weighted by atomic mass is 16.5. The molecule has 2 atom stereocenters. The Morgan fingerprint density at radius 3 is 0.920 bits per heavy atom. The number of nitrogens with two attached hydrogens (primary N) is 2. The van der Waals surface area contributed by atoms with Gasteiger partial charge in [0.05, 0.1) is 0 Å². The molecule has 2 aliphatic heterocycles. The van der Waals surface area contributed by atoms with Crippen LogP contribution in [0.5, 0.6) is 11.5 Å². The Bertz CT molecular complexity index is 2260. The van der Waals surface area contributed by atoms with E-state index in [0.29, 0.717) is 13.2 Å². The number of para-hydroxylation sites is 2. The number of benzene rings is 9. The number of fused-ring (bicyclic) bond motifs is 2. The fourth-order valence-corrected chi connectivity index (χ4v) is 7.69. The minimum Gasteiger partial charge on any atom is -0.489 e. The van der Waals surface area contributed by atoms with Crippen LogP contribution in [0.25, 0.3) is 76.8 Å². The highest BCUT2D eigenvalue weighted by Crippen LogP contribution is 2.48. The zero-order chi connectivity index (χ0) is 33.9. The van der Waals surface area contributed by atoms with Crippen LogP contribution in [0.3, 0.4) is 0 Å². The van der Waals surface area contributed by atoms with Crippen molar-refractivity contribution < 1.29 is 9.47 Å². The summed E-state index contributed by atoms with van der Waals surface area (Å²) in [6, 6.07) is 43.4. The van der Waals surface area contributed by atoms with Crippen molar-refractivity contribution in [3.63, 3.8) is 0 Å². The van der Waals surface area contributed by atoms with E-state index in [1.807, 2.05) is 62.4 Å². The second-order valence-electron chi connectivity index (χ2n) is 13.7. The zero-order valence-corrected chi connectivity index (χ0v) is 28.2. The van der Waals surface area contributed by atoms with E-state index in [2.05, 4.69) is 84.9 Å². The first-order chi connectivity index (χ1) is 24.4.